The molecule has 1 N–H and O–H groups in total. The summed E-state index contributed by atoms with van der Waals surface area (Å²) in [6.45, 7) is 1.55. The molecule has 3 aromatic rings. The number of esters is 1. The Morgan fingerprint density at radius 3 is 2.37 bits per heavy atom. The average molecular weight is 381 g/mol. The first-order valence-electron chi connectivity index (χ1n) is 8.44. The molecular weight excluding hydrogens is 362 g/mol. The topological polar surface area (TPSA) is 64.6 Å². The molecule has 6 heteroatoms. The number of rotatable bonds is 7. The summed E-state index contributed by atoms with van der Waals surface area (Å²) in [5.41, 5.74) is 1.48. The van der Waals surface area contributed by atoms with Gasteiger partial charge in [0.1, 0.15) is 11.5 Å². The van der Waals surface area contributed by atoms with E-state index < -0.39 is 12.1 Å². The van der Waals surface area contributed by atoms with Crippen molar-refractivity contribution >= 4 is 28.9 Å². The smallest absolute Gasteiger partial charge is 0.311 e. The van der Waals surface area contributed by atoms with E-state index in [-0.39, 0.29) is 12.3 Å². The summed E-state index contributed by atoms with van der Waals surface area (Å²) in [7, 11) is 0. The van der Waals surface area contributed by atoms with Crippen molar-refractivity contribution in [2.75, 3.05) is 5.32 Å². The summed E-state index contributed by atoms with van der Waals surface area (Å²) in [5, 5.41) is 6.50. The van der Waals surface area contributed by atoms with E-state index in [0.29, 0.717) is 11.4 Å². The Morgan fingerprint density at radius 2 is 1.70 bits per heavy atom. The monoisotopic (exact) mass is 381 g/mol. The van der Waals surface area contributed by atoms with Crippen molar-refractivity contribution < 1.29 is 19.1 Å². The Hall–Kier alpha value is -3.12. The predicted octanol–water partition coefficient (Wildman–Crippen LogP) is 4.65. The molecule has 3 rings (SSSR count). The van der Waals surface area contributed by atoms with Gasteiger partial charge in [-0.25, -0.2) is 0 Å². The number of hydrogen-bond donors (Lipinski definition) is 1. The van der Waals surface area contributed by atoms with Crippen molar-refractivity contribution in [3.05, 3.63) is 77.0 Å². The first kappa shape index (κ1) is 18.7. The van der Waals surface area contributed by atoms with Crippen molar-refractivity contribution in [3.63, 3.8) is 0 Å². The minimum Gasteiger partial charge on any atom is -0.457 e. The van der Waals surface area contributed by atoms with Gasteiger partial charge < -0.3 is 14.8 Å². The normalized spacial score (nSPS) is 11.4. The average Bonchev–Trinajstić information content (AvgIpc) is 3.17. The Kier molecular flexibility index (Phi) is 6.22. The lowest BCUT2D eigenvalue weighted by Gasteiger charge is -2.13. The third-order valence-corrected chi connectivity index (χ3v) is 4.44. The quantitative estimate of drug-likeness (QED) is 0.605. The lowest BCUT2D eigenvalue weighted by atomic mass is 10.2. The Labute approximate surface area is 161 Å². The number of benzene rings is 2. The summed E-state index contributed by atoms with van der Waals surface area (Å²) in [6, 6.07) is 18.3. The zero-order chi connectivity index (χ0) is 19.1. The molecule has 1 aromatic heterocycles. The molecule has 0 aliphatic rings. The minimum atomic E-state index is -0.878. The molecule has 0 fully saturated rings. The summed E-state index contributed by atoms with van der Waals surface area (Å²) < 4.78 is 10.9. The number of carbonyl (C=O) groups is 2. The van der Waals surface area contributed by atoms with Gasteiger partial charge in [0.2, 0.25) is 0 Å². The number of hydrogen-bond acceptors (Lipinski definition) is 5. The van der Waals surface area contributed by atoms with Gasteiger partial charge in [0.25, 0.3) is 5.91 Å². The van der Waals surface area contributed by atoms with Gasteiger partial charge in [0.15, 0.2) is 6.10 Å². The molecule has 0 saturated carbocycles. The highest BCUT2D eigenvalue weighted by molar-refractivity contribution is 7.08. The fourth-order valence-corrected chi connectivity index (χ4v) is 3.00. The molecule has 0 aliphatic carbocycles. The van der Waals surface area contributed by atoms with Crippen LogP contribution in [0.1, 0.15) is 12.5 Å². The van der Waals surface area contributed by atoms with Crippen molar-refractivity contribution in [2.45, 2.75) is 19.4 Å². The maximum atomic E-state index is 12.2. The van der Waals surface area contributed by atoms with E-state index in [4.69, 9.17) is 9.47 Å². The van der Waals surface area contributed by atoms with Crippen LogP contribution < -0.4 is 10.1 Å². The largest absolute Gasteiger partial charge is 0.457 e. The van der Waals surface area contributed by atoms with Crippen molar-refractivity contribution in [2.24, 2.45) is 0 Å². The number of amides is 1. The van der Waals surface area contributed by atoms with Gasteiger partial charge in [-0.2, -0.15) is 11.3 Å². The van der Waals surface area contributed by atoms with Gasteiger partial charge in [0, 0.05) is 5.69 Å². The van der Waals surface area contributed by atoms with Crippen LogP contribution in [0, 0.1) is 0 Å². The zero-order valence-corrected chi connectivity index (χ0v) is 15.6. The molecule has 1 atom stereocenters. The molecule has 1 amide bonds. The molecule has 138 valence electrons. The number of thiophene rings is 1. The summed E-state index contributed by atoms with van der Waals surface area (Å²) in [4.78, 5) is 24.1. The molecule has 1 heterocycles. The minimum absolute atomic E-state index is 0.159. The maximum Gasteiger partial charge on any atom is 0.311 e. The van der Waals surface area contributed by atoms with Crippen LogP contribution in [-0.2, 0) is 20.7 Å². The van der Waals surface area contributed by atoms with Crippen LogP contribution in [0.15, 0.2) is 71.4 Å². The lowest BCUT2D eigenvalue weighted by molar-refractivity contribution is -0.152. The van der Waals surface area contributed by atoms with Crippen molar-refractivity contribution in [3.8, 4) is 11.5 Å². The maximum absolute atomic E-state index is 12.2. The number of para-hydroxylation sites is 1. The molecule has 0 spiro atoms. The number of carbonyl (C=O) groups excluding carboxylic acids is 2. The molecule has 5 nitrogen and oxygen atoms in total. The molecule has 27 heavy (non-hydrogen) atoms. The second-order valence-electron chi connectivity index (χ2n) is 5.87. The second kappa shape index (κ2) is 9.00. The van der Waals surface area contributed by atoms with Gasteiger partial charge in [-0.3, -0.25) is 9.59 Å². The van der Waals surface area contributed by atoms with Crippen LogP contribution in [0.2, 0.25) is 0 Å². The highest BCUT2D eigenvalue weighted by atomic mass is 32.1. The molecule has 0 aliphatic heterocycles. The lowest BCUT2D eigenvalue weighted by Crippen LogP contribution is -2.30. The fourth-order valence-electron chi connectivity index (χ4n) is 2.33. The van der Waals surface area contributed by atoms with Crippen LogP contribution in [0.4, 0.5) is 5.69 Å². The summed E-state index contributed by atoms with van der Waals surface area (Å²) in [5.74, 6) is 0.586. The molecule has 2 aromatic carbocycles. The van der Waals surface area contributed by atoms with E-state index >= 15 is 0 Å². The SMILES string of the molecule is C[C@H](OC(=O)Cc1ccsc1)C(=O)Nc1ccc(Oc2ccccc2)cc1. The van der Waals surface area contributed by atoms with E-state index in [0.717, 1.165) is 11.3 Å². The van der Waals surface area contributed by atoms with E-state index in [1.54, 1.807) is 31.2 Å². The summed E-state index contributed by atoms with van der Waals surface area (Å²) >= 11 is 1.51. The fraction of sp³-hybridized carbons (Fsp3) is 0.143. The highest BCUT2D eigenvalue weighted by Crippen LogP contribution is 2.22. The number of anilines is 1. The molecule has 0 unspecified atom stereocenters. The van der Waals surface area contributed by atoms with E-state index in [1.807, 2.05) is 47.2 Å². The van der Waals surface area contributed by atoms with Crippen molar-refractivity contribution in [1.29, 1.82) is 0 Å². The van der Waals surface area contributed by atoms with Gasteiger partial charge in [-0.15, -0.1) is 0 Å². The Morgan fingerprint density at radius 1 is 1.00 bits per heavy atom. The summed E-state index contributed by atoms with van der Waals surface area (Å²) in [6.07, 6.45) is -0.719. The van der Waals surface area contributed by atoms with E-state index in [2.05, 4.69) is 5.32 Å². The van der Waals surface area contributed by atoms with Crippen LogP contribution in [-0.4, -0.2) is 18.0 Å². The van der Waals surface area contributed by atoms with Gasteiger partial charge in [0.05, 0.1) is 6.42 Å². The Bertz CT molecular complexity index is 876. The number of ether oxygens (including phenoxy) is 2. The van der Waals surface area contributed by atoms with Gasteiger partial charge >= 0.3 is 5.97 Å². The highest BCUT2D eigenvalue weighted by Gasteiger charge is 2.18. The van der Waals surface area contributed by atoms with Gasteiger partial charge in [-0.05, 0) is 65.7 Å². The molecule has 0 radical (unpaired) electrons. The number of nitrogens with one attached hydrogen (secondary N) is 1. The molecule has 0 bridgehead atoms. The molecule has 0 saturated heterocycles. The Balaban J connectivity index is 1.50. The van der Waals surface area contributed by atoms with Crippen LogP contribution >= 0.6 is 11.3 Å². The third-order valence-electron chi connectivity index (χ3n) is 3.71. The third kappa shape index (κ3) is 5.69. The van der Waals surface area contributed by atoms with E-state index in [1.165, 1.54) is 11.3 Å². The van der Waals surface area contributed by atoms with E-state index in [9.17, 15) is 9.59 Å². The first-order chi connectivity index (χ1) is 13.1. The van der Waals surface area contributed by atoms with Crippen LogP contribution in [0.5, 0.6) is 11.5 Å². The first-order valence-corrected chi connectivity index (χ1v) is 9.39. The zero-order valence-electron chi connectivity index (χ0n) is 14.8. The van der Waals surface area contributed by atoms with Crippen molar-refractivity contribution in [1.82, 2.24) is 0 Å². The standard InChI is InChI=1S/C21H19NO4S/c1-15(25-20(23)13-16-11-12-27-14-16)21(24)22-17-7-9-19(10-8-17)26-18-5-3-2-4-6-18/h2-12,14-15H,13H2,1H3,(H,22,24)/t15-/m0/s1. The van der Waals surface area contributed by atoms with Crippen LogP contribution in [0.3, 0.4) is 0 Å². The van der Waals surface area contributed by atoms with Gasteiger partial charge in [-0.1, -0.05) is 18.2 Å². The predicted molar refractivity (Wildman–Crippen MR) is 105 cm³/mol. The molecular formula is C21H19NO4S. The second-order valence-corrected chi connectivity index (χ2v) is 6.65. The van der Waals surface area contributed by atoms with Crippen LogP contribution in [0.25, 0.3) is 0 Å².